The lowest BCUT2D eigenvalue weighted by atomic mass is 9.86. The molecule has 6 heteroatoms. The van der Waals surface area contributed by atoms with Gasteiger partial charge < -0.3 is 9.47 Å². The van der Waals surface area contributed by atoms with Gasteiger partial charge in [0.15, 0.2) is 5.92 Å². The van der Waals surface area contributed by atoms with Crippen LogP contribution in [0.4, 0.5) is 8.78 Å². The van der Waals surface area contributed by atoms with Crippen LogP contribution in [-0.2, 0) is 19.1 Å². The van der Waals surface area contributed by atoms with Crippen LogP contribution in [-0.4, -0.2) is 25.2 Å². The number of hydrogen-bond donors (Lipinski definition) is 0. The fourth-order valence-corrected chi connectivity index (χ4v) is 2.85. The molecule has 2 rings (SSSR count). The minimum atomic E-state index is -1.08. The molecule has 2 aromatic rings. The van der Waals surface area contributed by atoms with Gasteiger partial charge in [-0.3, -0.25) is 9.59 Å². The first kappa shape index (κ1) is 20.6. The molecule has 27 heavy (non-hydrogen) atoms. The second-order valence-corrected chi connectivity index (χ2v) is 6.02. The molecule has 0 N–H and O–H groups in total. The Hall–Kier alpha value is -2.76. The van der Waals surface area contributed by atoms with Crippen molar-refractivity contribution in [2.45, 2.75) is 26.7 Å². The first-order valence-electron chi connectivity index (χ1n) is 8.77. The Bertz CT molecular complexity index is 784. The molecule has 0 aromatic heterocycles. The lowest BCUT2D eigenvalue weighted by Crippen LogP contribution is -2.32. The van der Waals surface area contributed by atoms with Crippen LogP contribution in [0, 0.1) is 17.6 Å². The molecule has 0 fully saturated rings. The normalized spacial score (nSPS) is 11.9. The van der Waals surface area contributed by atoms with E-state index < -0.39 is 35.4 Å². The molecule has 1 atom stereocenters. The van der Waals surface area contributed by atoms with Crippen LogP contribution in [0.25, 0.3) is 11.1 Å². The highest BCUT2D eigenvalue weighted by molar-refractivity contribution is 5.96. The highest BCUT2D eigenvalue weighted by Crippen LogP contribution is 2.30. The van der Waals surface area contributed by atoms with Crippen LogP contribution >= 0.6 is 0 Å². The molecule has 0 saturated carbocycles. The minimum absolute atomic E-state index is 0.157. The zero-order chi connectivity index (χ0) is 20.0. The zero-order valence-corrected chi connectivity index (χ0v) is 15.5. The van der Waals surface area contributed by atoms with E-state index in [9.17, 15) is 18.4 Å². The summed E-state index contributed by atoms with van der Waals surface area (Å²) < 4.78 is 37.0. The molecule has 0 amide bonds. The van der Waals surface area contributed by atoms with Crippen LogP contribution in [0.5, 0.6) is 0 Å². The van der Waals surface area contributed by atoms with E-state index in [1.54, 1.807) is 45.0 Å². The SMILES string of the molecule is CCOC(=O)C(C(=O)OCC)C(C)c1ccc(-c2ccc(F)cc2F)cc1. The molecule has 0 aliphatic carbocycles. The van der Waals surface area contributed by atoms with Crippen LogP contribution in [0.1, 0.15) is 32.3 Å². The number of rotatable bonds is 7. The van der Waals surface area contributed by atoms with Crippen LogP contribution in [0.3, 0.4) is 0 Å². The molecular formula is C21H22F2O4. The predicted octanol–water partition coefficient (Wildman–Crippen LogP) is 4.48. The Morgan fingerprint density at radius 3 is 1.96 bits per heavy atom. The molecule has 144 valence electrons. The first-order valence-corrected chi connectivity index (χ1v) is 8.77. The van der Waals surface area contributed by atoms with Crippen molar-refractivity contribution in [3.63, 3.8) is 0 Å². The number of hydrogen-bond acceptors (Lipinski definition) is 4. The highest BCUT2D eigenvalue weighted by Gasteiger charge is 2.35. The Morgan fingerprint density at radius 2 is 1.48 bits per heavy atom. The summed E-state index contributed by atoms with van der Waals surface area (Å²) in [6.07, 6.45) is 0. The molecule has 1 unspecified atom stereocenters. The van der Waals surface area contributed by atoms with Gasteiger partial charge in [0.05, 0.1) is 13.2 Å². The van der Waals surface area contributed by atoms with Crippen molar-refractivity contribution < 1.29 is 27.8 Å². The van der Waals surface area contributed by atoms with Gasteiger partial charge in [0.2, 0.25) is 0 Å². The highest BCUT2D eigenvalue weighted by atomic mass is 19.1. The topological polar surface area (TPSA) is 52.6 Å². The Labute approximate surface area is 157 Å². The summed E-state index contributed by atoms with van der Waals surface area (Å²) in [7, 11) is 0. The van der Waals surface area contributed by atoms with Crippen molar-refractivity contribution in [1.29, 1.82) is 0 Å². The van der Waals surface area contributed by atoms with Crippen LogP contribution in [0.2, 0.25) is 0 Å². The fourth-order valence-electron chi connectivity index (χ4n) is 2.85. The number of halogens is 2. The van der Waals surface area contributed by atoms with Crippen molar-refractivity contribution in [3.8, 4) is 11.1 Å². The Kier molecular flexibility index (Phi) is 7.05. The van der Waals surface area contributed by atoms with Crippen molar-refractivity contribution in [3.05, 3.63) is 59.7 Å². The van der Waals surface area contributed by atoms with Gasteiger partial charge >= 0.3 is 11.9 Å². The summed E-state index contributed by atoms with van der Waals surface area (Å²) in [5, 5.41) is 0. The van der Waals surface area contributed by atoms with Gasteiger partial charge in [0, 0.05) is 17.5 Å². The fraction of sp³-hybridized carbons (Fsp3) is 0.333. The van der Waals surface area contributed by atoms with Crippen molar-refractivity contribution in [2.24, 2.45) is 5.92 Å². The summed E-state index contributed by atoms with van der Waals surface area (Å²) >= 11 is 0. The van der Waals surface area contributed by atoms with Crippen molar-refractivity contribution in [2.75, 3.05) is 13.2 Å². The smallest absolute Gasteiger partial charge is 0.320 e. The maximum Gasteiger partial charge on any atom is 0.320 e. The van der Waals surface area contributed by atoms with E-state index in [1.165, 1.54) is 12.1 Å². The summed E-state index contributed by atoms with van der Waals surface area (Å²) in [5.41, 5.74) is 1.53. The Morgan fingerprint density at radius 1 is 0.926 bits per heavy atom. The van der Waals surface area contributed by atoms with Gasteiger partial charge in [0.1, 0.15) is 11.6 Å². The number of carbonyl (C=O) groups excluding carboxylic acids is 2. The minimum Gasteiger partial charge on any atom is -0.465 e. The number of ether oxygens (including phenoxy) is 2. The number of benzene rings is 2. The monoisotopic (exact) mass is 376 g/mol. The summed E-state index contributed by atoms with van der Waals surface area (Å²) in [6, 6.07) is 10.1. The van der Waals surface area contributed by atoms with Crippen LogP contribution in [0.15, 0.2) is 42.5 Å². The molecule has 0 heterocycles. The average Bonchev–Trinajstić information content (AvgIpc) is 2.62. The molecule has 4 nitrogen and oxygen atoms in total. The second-order valence-electron chi connectivity index (χ2n) is 6.02. The molecule has 0 bridgehead atoms. The number of carbonyl (C=O) groups is 2. The van der Waals surface area contributed by atoms with Gasteiger partial charge in [-0.2, -0.15) is 0 Å². The summed E-state index contributed by atoms with van der Waals surface area (Å²) in [4.78, 5) is 24.5. The third-order valence-corrected chi connectivity index (χ3v) is 4.26. The van der Waals surface area contributed by atoms with E-state index in [4.69, 9.17) is 9.47 Å². The van der Waals surface area contributed by atoms with E-state index in [0.29, 0.717) is 11.1 Å². The summed E-state index contributed by atoms with van der Waals surface area (Å²) in [6.45, 7) is 5.37. The standard InChI is InChI=1S/C21H22F2O4/c1-4-26-20(24)19(21(25)27-5-2)13(3)14-6-8-15(9-7-14)17-11-10-16(22)12-18(17)23/h6-13,19H,4-5H2,1-3H3. The van der Waals surface area contributed by atoms with E-state index in [1.807, 2.05) is 0 Å². The second kappa shape index (κ2) is 9.26. The zero-order valence-electron chi connectivity index (χ0n) is 15.5. The number of esters is 2. The van der Waals surface area contributed by atoms with E-state index in [-0.39, 0.29) is 18.8 Å². The quantitative estimate of drug-likeness (QED) is 0.528. The third kappa shape index (κ3) is 4.90. The lowest BCUT2D eigenvalue weighted by molar-refractivity contribution is -0.162. The first-order chi connectivity index (χ1) is 12.9. The Balaban J connectivity index is 2.29. The van der Waals surface area contributed by atoms with Crippen molar-refractivity contribution >= 4 is 11.9 Å². The molecule has 2 aromatic carbocycles. The molecular weight excluding hydrogens is 354 g/mol. The van der Waals surface area contributed by atoms with Crippen molar-refractivity contribution in [1.82, 2.24) is 0 Å². The van der Waals surface area contributed by atoms with E-state index in [2.05, 4.69) is 0 Å². The van der Waals surface area contributed by atoms with Crippen LogP contribution < -0.4 is 0 Å². The van der Waals surface area contributed by atoms with Gasteiger partial charge in [-0.25, -0.2) is 8.78 Å². The van der Waals surface area contributed by atoms with Gasteiger partial charge in [0.25, 0.3) is 0 Å². The van der Waals surface area contributed by atoms with Gasteiger partial charge in [-0.1, -0.05) is 31.2 Å². The third-order valence-electron chi connectivity index (χ3n) is 4.26. The van der Waals surface area contributed by atoms with E-state index in [0.717, 1.165) is 6.07 Å². The molecule has 0 aliphatic heterocycles. The average molecular weight is 376 g/mol. The molecule has 0 spiro atoms. The van der Waals surface area contributed by atoms with E-state index >= 15 is 0 Å². The molecule has 0 radical (unpaired) electrons. The van der Waals surface area contributed by atoms with Gasteiger partial charge in [-0.05, 0) is 37.1 Å². The predicted molar refractivity (Wildman–Crippen MR) is 97.0 cm³/mol. The maximum absolute atomic E-state index is 13.9. The molecule has 0 saturated heterocycles. The largest absolute Gasteiger partial charge is 0.465 e. The maximum atomic E-state index is 13.9. The molecule has 0 aliphatic rings. The van der Waals surface area contributed by atoms with Gasteiger partial charge in [-0.15, -0.1) is 0 Å². The summed E-state index contributed by atoms with van der Waals surface area (Å²) in [5.74, 6) is -4.16. The lowest BCUT2D eigenvalue weighted by Gasteiger charge is -2.21.